The fraction of sp³-hybridized carbons (Fsp3) is 0.143. The number of nitriles is 1. The van der Waals surface area contributed by atoms with E-state index in [1.54, 1.807) is 6.07 Å². The highest BCUT2D eigenvalue weighted by molar-refractivity contribution is 5.39. The molecule has 1 saturated heterocycles. The Bertz CT molecular complexity index is 1160. The Balaban J connectivity index is 1.60. The van der Waals surface area contributed by atoms with Gasteiger partial charge in [0.1, 0.15) is 23.1 Å². The Hall–Kier alpha value is -3.51. The molecule has 1 unspecified atom stereocenters. The fourth-order valence-corrected chi connectivity index (χ4v) is 3.01. The summed E-state index contributed by atoms with van der Waals surface area (Å²) in [7, 11) is 0. The van der Waals surface area contributed by atoms with Gasteiger partial charge < -0.3 is 9.47 Å². The van der Waals surface area contributed by atoms with Crippen molar-refractivity contribution in [2.45, 2.75) is 11.5 Å². The molecule has 4 rings (SSSR count). The maximum Gasteiger partial charge on any atom is 0.324 e. The van der Waals surface area contributed by atoms with Gasteiger partial charge in [0.25, 0.3) is 0 Å². The second-order valence-electron chi connectivity index (χ2n) is 6.55. The molecule has 1 atom stereocenters. The molecule has 30 heavy (non-hydrogen) atoms. The van der Waals surface area contributed by atoms with E-state index in [4.69, 9.17) is 14.7 Å². The van der Waals surface area contributed by atoms with Gasteiger partial charge in [0.2, 0.25) is 0 Å². The van der Waals surface area contributed by atoms with Crippen LogP contribution in [0.1, 0.15) is 16.8 Å². The largest absolute Gasteiger partial charge is 0.453 e. The fourth-order valence-electron chi connectivity index (χ4n) is 3.01. The molecule has 0 N–H and O–H groups in total. The first-order valence-electron chi connectivity index (χ1n) is 8.58. The van der Waals surface area contributed by atoms with E-state index in [9.17, 15) is 13.2 Å². The quantitative estimate of drug-likeness (QED) is 0.423. The minimum absolute atomic E-state index is 0.0307. The van der Waals surface area contributed by atoms with E-state index in [-0.39, 0.29) is 17.1 Å². The van der Waals surface area contributed by atoms with Crippen molar-refractivity contribution in [2.75, 3.05) is 6.61 Å². The maximum atomic E-state index is 15.1. The molecule has 0 amide bonds. The summed E-state index contributed by atoms with van der Waals surface area (Å²) in [4.78, 5) is 3.66. The topological polar surface area (TPSA) is 58.4 Å². The Labute approximate surface area is 167 Å². The van der Waals surface area contributed by atoms with E-state index in [0.29, 0.717) is 6.07 Å². The molecule has 1 fully saturated rings. The van der Waals surface area contributed by atoms with Gasteiger partial charge in [-0.2, -0.15) is 14.0 Å². The molecule has 2 aromatic carbocycles. The van der Waals surface area contributed by atoms with Crippen molar-refractivity contribution in [1.82, 2.24) is 4.98 Å². The van der Waals surface area contributed by atoms with Gasteiger partial charge in [0.15, 0.2) is 17.2 Å². The number of ether oxygens (including phenoxy) is 2. The Morgan fingerprint density at radius 2 is 1.80 bits per heavy atom. The number of hydrogen-bond donors (Lipinski definition) is 0. The highest BCUT2D eigenvalue weighted by Gasteiger charge is 2.68. The zero-order valence-electron chi connectivity index (χ0n) is 15.0. The molecular formula is C21H11F5N2O2. The van der Waals surface area contributed by atoms with Gasteiger partial charge in [0, 0.05) is 11.6 Å². The molecule has 0 saturated carbocycles. The molecular weight excluding hydrogens is 407 g/mol. The third kappa shape index (κ3) is 3.25. The molecule has 1 aromatic heterocycles. The number of benzene rings is 2. The molecule has 0 aliphatic carbocycles. The molecule has 4 nitrogen and oxygen atoms in total. The van der Waals surface area contributed by atoms with E-state index in [0.717, 1.165) is 36.5 Å². The first-order valence-corrected chi connectivity index (χ1v) is 8.58. The lowest BCUT2D eigenvalue weighted by Gasteiger charge is -2.24. The predicted octanol–water partition coefficient (Wildman–Crippen LogP) is 5.18. The second-order valence-corrected chi connectivity index (χ2v) is 6.55. The zero-order chi connectivity index (χ0) is 21.5. The number of nitrogens with zero attached hydrogens (tertiary/aromatic N) is 2. The summed E-state index contributed by atoms with van der Waals surface area (Å²) >= 11 is 0. The van der Waals surface area contributed by atoms with E-state index >= 15 is 8.78 Å². The third-order valence-electron chi connectivity index (χ3n) is 4.65. The van der Waals surface area contributed by atoms with Gasteiger partial charge in [-0.3, -0.25) is 4.98 Å². The van der Waals surface area contributed by atoms with Crippen molar-refractivity contribution in [3.63, 3.8) is 0 Å². The van der Waals surface area contributed by atoms with Crippen LogP contribution in [0.5, 0.6) is 11.5 Å². The predicted molar refractivity (Wildman–Crippen MR) is 93.3 cm³/mol. The van der Waals surface area contributed by atoms with Crippen LogP contribution in [-0.4, -0.2) is 11.6 Å². The lowest BCUT2D eigenvalue weighted by atomic mass is 9.90. The smallest absolute Gasteiger partial charge is 0.324 e. The zero-order valence-corrected chi connectivity index (χ0v) is 15.0. The first-order chi connectivity index (χ1) is 14.3. The number of rotatable bonds is 5. The van der Waals surface area contributed by atoms with Gasteiger partial charge in [-0.05, 0) is 42.5 Å². The maximum absolute atomic E-state index is 15.1. The molecule has 1 aliphatic heterocycles. The Morgan fingerprint density at radius 1 is 1.03 bits per heavy atom. The highest BCUT2D eigenvalue weighted by Crippen LogP contribution is 2.56. The van der Waals surface area contributed by atoms with Crippen molar-refractivity contribution in [1.29, 1.82) is 5.26 Å². The summed E-state index contributed by atoms with van der Waals surface area (Å²) in [6, 6.07) is 9.68. The standard InChI is InChI=1S/C21H11F5N2O2/c22-13-2-4-15(16(23)8-13)20(11-29-20)21(25,26)19-6-3-14(10-28-19)30-18-5-1-12(9-27)7-17(18)24/h1-8,10H,11H2. The molecule has 0 radical (unpaired) electrons. The minimum atomic E-state index is -3.73. The van der Waals surface area contributed by atoms with E-state index in [2.05, 4.69) is 4.98 Å². The molecule has 9 heteroatoms. The van der Waals surface area contributed by atoms with Crippen LogP contribution >= 0.6 is 0 Å². The van der Waals surface area contributed by atoms with Crippen molar-refractivity contribution in [3.05, 3.63) is 89.0 Å². The van der Waals surface area contributed by atoms with Crippen LogP contribution in [0.3, 0.4) is 0 Å². The van der Waals surface area contributed by atoms with Crippen LogP contribution in [0.2, 0.25) is 0 Å². The number of pyridine rings is 1. The van der Waals surface area contributed by atoms with E-state index in [1.165, 1.54) is 12.1 Å². The van der Waals surface area contributed by atoms with Crippen LogP contribution in [0, 0.1) is 28.8 Å². The van der Waals surface area contributed by atoms with Gasteiger partial charge >= 0.3 is 5.92 Å². The number of hydrogen-bond acceptors (Lipinski definition) is 4. The van der Waals surface area contributed by atoms with Gasteiger partial charge in [-0.25, -0.2) is 13.2 Å². The van der Waals surface area contributed by atoms with Crippen molar-refractivity contribution < 1.29 is 31.4 Å². The normalized spacial score (nSPS) is 18.0. The lowest BCUT2D eigenvalue weighted by molar-refractivity contribution is -0.0902. The van der Waals surface area contributed by atoms with Crippen LogP contribution in [0.15, 0.2) is 54.7 Å². The Morgan fingerprint density at radius 3 is 2.37 bits per heavy atom. The average molecular weight is 418 g/mol. The van der Waals surface area contributed by atoms with Crippen molar-refractivity contribution in [2.24, 2.45) is 0 Å². The monoisotopic (exact) mass is 418 g/mol. The van der Waals surface area contributed by atoms with Crippen molar-refractivity contribution >= 4 is 0 Å². The number of alkyl halides is 2. The van der Waals surface area contributed by atoms with Gasteiger partial charge in [0.05, 0.1) is 24.4 Å². The molecule has 3 aromatic rings. The number of halogens is 5. The van der Waals surface area contributed by atoms with Crippen LogP contribution in [0.4, 0.5) is 22.0 Å². The molecule has 0 bridgehead atoms. The van der Waals surface area contributed by atoms with E-state index in [1.807, 2.05) is 0 Å². The van der Waals surface area contributed by atoms with Gasteiger partial charge in [-0.1, -0.05) is 0 Å². The van der Waals surface area contributed by atoms with Crippen LogP contribution in [0.25, 0.3) is 0 Å². The summed E-state index contributed by atoms with van der Waals surface area (Å²) in [5.74, 6) is -6.83. The van der Waals surface area contributed by atoms with Crippen LogP contribution < -0.4 is 4.74 Å². The third-order valence-corrected chi connectivity index (χ3v) is 4.65. The minimum Gasteiger partial charge on any atom is -0.453 e. The van der Waals surface area contributed by atoms with Gasteiger partial charge in [-0.15, -0.1) is 0 Å². The number of aromatic nitrogens is 1. The summed E-state index contributed by atoms with van der Waals surface area (Å²) in [6.07, 6.45) is 0.956. The highest BCUT2D eigenvalue weighted by atomic mass is 19.3. The summed E-state index contributed by atoms with van der Waals surface area (Å²) in [5, 5.41) is 8.74. The van der Waals surface area contributed by atoms with Crippen LogP contribution in [-0.2, 0) is 16.3 Å². The molecule has 1 aliphatic rings. The Kier molecular flexibility index (Phi) is 4.67. The summed E-state index contributed by atoms with van der Waals surface area (Å²) in [5.41, 5.74) is -3.40. The number of epoxide rings is 1. The van der Waals surface area contributed by atoms with Crippen molar-refractivity contribution in [3.8, 4) is 17.6 Å². The first kappa shape index (κ1) is 19.8. The lowest BCUT2D eigenvalue weighted by Crippen LogP contribution is -2.34. The molecule has 152 valence electrons. The second kappa shape index (κ2) is 7.07. The summed E-state index contributed by atoms with van der Waals surface area (Å²) in [6.45, 7) is -0.473. The summed E-state index contributed by atoms with van der Waals surface area (Å²) < 4.78 is 81.5. The average Bonchev–Trinajstić information content (AvgIpc) is 3.52. The van der Waals surface area contributed by atoms with E-state index < -0.39 is 46.8 Å². The SMILES string of the molecule is N#Cc1ccc(Oc2ccc(C(F)(F)C3(c4ccc(F)cc4F)CO3)nc2)c(F)c1. The molecule has 0 spiro atoms. The molecule has 2 heterocycles.